The van der Waals surface area contributed by atoms with Gasteiger partial charge in [-0.3, -0.25) is 14.7 Å². The number of anilines is 1. The summed E-state index contributed by atoms with van der Waals surface area (Å²) in [6.07, 6.45) is -2.48. The average Bonchev–Trinajstić information content (AvgIpc) is 2.94. The summed E-state index contributed by atoms with van der Waals surface area (Å²) in [5.74, 6) is 0.359. The summed E-state index contributed by atoms with van der Waals surface area (Å²) in [6, 6.07) is 16.8. The van der Waals surface area contributed by atoms with Crippen LogP contribution in [0.4, 0.5) is 23.7 Å². The monoisotopic (exact) mass is 541 g/mol. The van der Waals surface area contributed by atoms with Crippen LogP contribution in [0.3, 0.4) is 0 Å². The molecule has 2 aromatic carbocycles. The first-order valence-electron chi connectivity index (χ1n) is 12.5. The summed E-state index contributed by atoms with van der Waals surface area (Å²) in [5, 5.41) is 0. The minimum Gasteiger partial charge on any atom is -0.456 e. The van der Waals surface area contributed by atoms with Gasteiger partial charge in [0.05, 0.1) is 11.9 Å². The number of pyridine rings is 1. The number of halogens is 3. The Morgan fingerprint density at radius 3 is 2.46 bits per heavy atom. The fourth-order valence-corrected chi connectivity index (χ4v) is 4.77. The minimum atomic E-state index is -4.60. The highest BCUT2D eigenvalue weighted by Crippen LogP contribution is 2.33. The number of carbonyl (C=O) groups excluding carboxylic acids is 2. The number of hydrogen-bond donors (Lipinski definition) is 0. The van der Waals surface area contributed by atoms with Crippen molar-refractivity contribution in [3.8, 4) is 11.5 Å². The van der Waals surface area contributed by atoms with Crippen LogP contribution in [0.1, 0.15) is 30.1 Å². The Morgan fingerprint density at radius 1 is 1.03 bits per heavy atom. The first-order chi connectivity index (χ1) is 18.8. The molecule has 1 atom stereocenters. The molecule has 2 aliphatic rings. The average molecular weight is 542 g/mol. The van der Waals surface area contributed by atoms with Gasteiger partial charge < -0.3 is 19.1 Å². The van der Waals surface area contributed by atoms with Crippen LogP contribution in [0, 0.1) is 0 Å². The largest absolute Gasteiger partial charge is 0.456 e. The van der Waals surface area contributed by atoms with E-state index in [0.717, 1.165) is 11.3 Å². The molecule has 3 aromatic rings. The normalized spacial score (nSPS) is 16.8. The molecule has 1 aromatic heterocycles. The molecule has 3 heterocycles. The first kappa shape index (κ1) is 26.5. The van der Waals surface area contributed by atoms with Gasteiger partial charge in [0.2, 0.25) is 0 Å². The maximum atomic E-state index is 13.4. The predicted molar refractivity (Wildman–Crippen MR) is 134 cm³/mol. The molecular formula is C28H26F3N3O5. The number of carbonyl (C=O) groups is 2. The highest BCUT2D eigenvalue weighted by Gasteiger charge is 2.38. The van der Waals surface area contributed by atoms with Crippen molar-refractivity contribution < 1.29 is 37.0 Å². The lowest BCUT2D eigenvalue weighted by Gasteiger charge is -2.40. The Bertz CT molecular complexity index is 1300. The molecule has 204 valence electrons. The zero-order valence-electron chi connectivity index (χ0n) is 20.8. The van der Waals surface area contributed by atoms with Gasteiger partial charge in [0.15, 0.2) is 6.10 Å². The second-order valence-corrected chi connectivity index (χ2v) is 9.28. The maximum Gasteiger partial charge on any atom is 0.414 e. The SMILES string of the molecule is O=C(C(OCC(F)(F)F)c1ccc(Oc2cccnc2)cc1)N1CCC(N2C(=O)OCc3ccccc32)CC1. The third kappa shape index (κ3) is 6.31. The van der Waals surface area contributed by atoms with Gasteiger partial charge in [0.1, 0.15) is 24.7 Å². The molecule has 2 amide bonds. The Morgan fingerprint density at radius 2 is 1.77 bits per heavy atom. The summed E-state index contributed by atoms with van der Waals surface area (Å²) >= 11 is 0. The third-order valence-electron chi connectivity index (χ3n) is 6.63. The van der Waals surface area contributed by atoms with E-state index in [2.05, 4.69) is 4.98 Å². The Balaban J connectivity index is 1.28. The lowest BCUT2D eigenvalue weighted by Crippen LogP contribution is -2.51. The number of para-hydroxylation sites is 1. The fraction of sp³-hybridized carbons (Fsp3) is 0.321. The van der Waals surface area contributed by atoms with Crippen LogP contribution in [-0.4, -0.2) is 53.8 Å². The van der Waals surface area contributed by atoms with Crippen LogP contribution in [0.25, 0.3) is 0 Å². The maximum absolute atomic E-state index is 13.4. The van der Waals surface area contributed by atoms with Gasteiger partial charge in [-0.25, -0.2) is 4.79 Å². The van der Waals surface area contributed by atoms with E-state index in [9.17, 15) is 22.8 Å². The van der Waals surface area contributed by atoms with Crippen LogP contribution >= 0.6 is 0 Å². The van der Waals surface area contributed by atoms with Crippen molar-refractivity contribution in [3.63, 3.8) is 0 Å². The molecular weight excluding hydrogens is 515 g/mol. The van der Waals surface area contributed by atoms with Gasteiger partial charge in [-0.15, -0.1) is 0 Å². The highest BCUT2D eigenvalue weighted by molar-refractivity contribution is 5.91. The van der Waals surface area contributed by atoms with Crippen molar-refractivity contribution in [2.24, 2.45) is 0 Å². The second-order valence-electron chi connectivity index (χ2n) is 9.28. The second kappa shape index (κ2) is 11.3. The minimum absolute atomic E-state index is 0.202. The predicted octanol–water partition coefficient (Wildman–Crippen LogP) is 5.64. The summed E-state index contributed by atoms with van der Waals surface area (Å²) in [4.78, 5) is 33.1. The van der Waals surface area contributed by atoms with Crippen molar-refractivity contribution in [1.29, 1.82) is 0 Å². The molecule has 39 heavy (non-hydrogen) atoms. The van der Waals surface area contributed by atoms with Gasteiger partial charge in [0.25, 0.3) is 5.91 Å². The highest BCUT2D eigenvalue weighted by atomic mass is 19.4. The number of rotatable bonds is 7. The Kier molecular flexibility index (Phi) is 7.69. The van der Waals surface area contributed by atoms with E-state index < -0.39 is 30.9 Å². The van der Waals surface area contributed by atoms with Crippen LogP contribution in [0.15, 0.2) is 73.1 Å². The molecule has 0 saturated carbocycles. The molecule has 1 saturated heterocycles. The van der Waals surface area contributed by atoms with Crippen LogP contribution in [0.5, 0.6) is 11.5 Å². The zero-order chi connectivity index (χ0) is 27.4. The fourth-order valence-electron chi connectivity index (χ4n) is 4.77. The van der Waals surface area contributed by atoms with E-state index in [1.807, 2.05) is 24.3 Å². The number of cyclic esters (lactones) is 1. The number of likely N-dealkylation sites (tertiary alicyclic amines) is 1. The van der Waals surface area contributed by atoms with Crippen LogP contribution in [-0.2, 0) is 20.9 Å². The number of ether oxygens (including phenoxy) is 3. The number of fused-ring (bicyclic) bond motifs is 1. The lowest BCUT2D eigenvalue weighted by atomic mass is 9.99. The van der Waals surface area contributed by atoms with E-state index in [1.165, 1.54) is 23.2 Å². The number of piperidine rings is 1. The van der Waals surface area contributed by atoms with E-state index in [-0.39, 0.29) is 31.3 Å². The molecule has 2 aliphatic heterocycles. The summed E-state index contributed by atoms with van der Waals surface area (Å²) in [5.41, 5.74) is 1.95. The standard InChI is InChI=1S/C28H26F3N3O5/c29-28(30,31)18-38-25(19-7-9-22(10-8-19)39-23-5-3-13-32-16-23)26(35)33-14-11-21(12-15-33)34-24-6-2-1-4-20(24)17-37-27(34)36/h1-10,13,16,21,25H,11-12,14-15,17-18H2. The summed E-state index contributed by atoms with van der Waals surface area (Å²) < 4.78 is 55.2. The number of aromatic nitrogens is 1. The van der Waals surface area contributed by atoms with Crippen LogP contribution in [0.2, 0.25) is 0 Å². The van der Waals surface area contributed by atoms with Crippen molar-refractivity contribution in [2.75, 3.05) is 24.6 Å². The van der Waals surface area contributed by atoms with Gasteiger partial charge in [-0.1, -0.05) is 30.3 Å². The number of alkyl halides is 3. The van der Waals surface area contributed by atoms with Crippen LogP contribution < -0.4 is 9.64 Å². The lowest BCUT2D eigenvalue weighted by molar-refractivity contribution is -0.191. The summed E-state index contributed by atoms with van der Waals surface area (Å²) in [6.45, 7) is -0.857. The van der Waals surface area contributed by atoms with Gasteiger partial charge >= 0.3 is 12.3 Å². The number of hydrogen-bond acceptors (Lipinski definition) is 6. The first-order valence-corrected chi connectivity index (χ1v) is 12.5. The molecule has 0 aliphatic carbocycles. The smallest absolute Gasteiger partial charge is 0.414 e. The molecule has 0 radical (unpaired) electrons. The number of nitrogens with zero attached hydrogens (tertiary/aromatic N) is 3. The van der Waals surface area contributed by atoms with E-state index >= 15 is 0 Å². The third-order valence-corrected chi connectivity index (χ3v) is 6.63. The molecule has 0 N–H and O–H groups in total. The number of benzene rings is 2. The molecule has 11 heteroatoms. The molecule has 8 nitrogen and oxygen atoms in total. The molecule has 0 spiro atoms. The van der Waals surface area contributed by atoms with Gasteiger partial charge in [0, 0.05) is 30.9 Å². The van der Waals surface area contributed by atoms with Crippen molar-refractivity contribution >= 4 is 17.7 Å². The van der Waals surface area contributed by atoms with Crippen molar-refractivity contribution in [1.82, 2.24) is 9.88 Å². The van der Waals surface area contributed by atoms with E-state index in [4.69, 9.17) is 14.2 Å². The molecule has 0 bridgehead atoms. The molecule has 5 rings (SSSR count). The Hall–Kier alpha value is -4.12. The molecule has 1 unspecified atom stereocenters. The zero-order valence-corrected chi connectivity index (χ0v) is 20.8. The van der Waals surface area contributed by atoms with Gasteiger partial charge in [-0.2, -0.15) is 13.2 Å². The van der Waals surface area contributed by atoms with Crippen molar-refractivity contribution in [2.45, 2.75) is 37.8 Å². The Labute approximate surface area is 222 Å². The van der Waals surface area contributed by atoms with Gasteiger partial charge in [-0.05, 0) is 48.7 Å². The van der Waals surface area contributed by atoms with E-state index in [1.54, 1.807) is 35.4 Å². The topological polar surface area (TPSA) is 81.2 Å². The quantitative estimate of drug-likeness (QED) is 0.385. The molecule has 1 fully saturated rings. The van der Waals surface area contributed by atoms with E-state index in [0.29, 0.717) is 24.3 Å². The number of amides is 2. The van der Waals surface area contributed by atoms with Crippen molar-refractivity contribution in [3.05, 3.63) is 84.2 Å². The summed E-state index contributed by atoms with van der Waals surface area (Å²) in [7, 11) is 0.